The fraction of sp³-hybridized carbons (Fsp3) is 0.585. The van der Waals surface area contributed by atoms with Gasteiger partial charge in [0.1, 0.15) is 30.0 Å². The quantitative estimate of drug-likeness (QED) is 0.127. The number of hydrogen-bond donors (Lipinski definition) is 2. The van der Waals surface area contributed by atoms with Gasteiger partial charge in [0, 0.05) is 40.5 Å². The van der Waals surface area contributed by atoms with Crippen LogP contribution in [-0.2, 0) is 66.7 Å². The number of esters is 5. The molecule has 0 spiro atoms. The summed E-state index contributed by atoms with van der Waals surface area (Å²) in [6.45, 7) is 9.10. The Balaban J connectivity index is 2.00. The number of alkyl halides is 6. The van der Waals surface area contributed by atoms with Gasteiger partial charge < -0.3 is 37.9 Å². The van der Waals surface area contributed by atoms with E-state index in [1.807, 2.05) is 10.6 Å². The molecule has 3 aliphatic carbocycles. The van der Waals surface area contributed by atoms with Crippen molar-refractivity contribution in [2.75, 3.05) is 6.61 Å². The van der Waals surface area contributed by atoms with Crippen molar-refractivity contribution in [1.82, 2.24) is 10.6 Å². The number of alkyl carbamates (subject to hydrolysis) is 2. The first-order chi connectivity index (χ1) is 30.3. The molecule has 1 aromatic carbocycles. The van der Waals surface area contributed by atoms with Crippen molar-refractivity contribution in [1.29, 1.82) is 0 Å². The molecule has 0 unspecified atom stereocenters. The van der Waals surface area contributed by atoms with Crippen molar-refractivity contribution < 1.29 is 81.0 Å². The fourth-order valence-corrected chi connectivity index (χ4v) is 10.2. The number of ether oxygens (including phenoxy) is 8. The van der Waals surface area contributed by atoms with Gasteiger partial charge in [0.25, 0.3) is 19.4 Å². The zero-order chi connectivity index (χ0) is 49.7. The third-order valence-electron chi connectivity index (χ3n) is 12.3. The van der Waals surface area contributed by atoms with Crippen LogP contribution in [0.3, 0.4) is 0 Å². The van der Waals surface area contributed by atoms with E-state index in [0.717, 1.165) is 27.7 Å². The monoisotopic (exact) mass is 1050 g/mol. The Hall–Kier alpha value is -4.11. The van der Waals surface area contributed by atoms with Crippen molar-refractivity contribution in [3.05, 3.63) is 47.0 Å². The van der Waals surface area contributed by atoms with Crippen molar-refractivity contribution in [2.45, 2.75) is 124 Å². The molecule has 4 aliphatic rings. The number of benzene rings is 1. The normalized spacial score (nSPS) is 30.2. The van der Waals surface area contributed by atoms with Crippen LogP contribution in [0.5, 0.6) is 0 Å². The molecule has 2 saturated carbocycles. The van der Waals surface area contributed by atoms with Gasteiger partial charge in [-0.25, -0.2) is 14.4 Å². The van der Waals surface area contributed by atoms with Crippen molar-refractivity contribution in [3.8, 4) is 0 Å². The van der Waals surface area contributed by atoms with Crippen LogP contribution in [0.15, 0.2) is 41.5 Å². The Kier molecular flexibility index (Phi) is 15.3. The second kappa shape index (κ2) is 19.1. The number of fused-ring (bicyclic) bond motifs is 4. The molecule has 0 bridgehead atoms. The number of amides is 4. The molecule has 362 valence electrons. The molecule has 1 saturated heterocycles. The van der Waals surface area contributed by atoms with E-state index in [1.54, 1.807) is 6.07 Å². The lowest BCUT2D eigenvalue weighted by atomic mass is 9.49. The van der Waals surface area contributed by atoms with E-state index in [2.05, 4.69) is 0 Å². The molecule has 1 aromatic rings. The highest BCUT2D eigenvalue weighted by Crippen LogP contribution is 2.69. The van der Waals surface area contributed by atoms with Crippen molar-refractivity contribution in [2.24, 2.45) is 16.7 Å². The van der Waals surface area contributed by atoms with Gasteiger partial charge in [0.05, 0.1) is 28.9 Å². The molecular weight excluding hydrogens is 1010 g/mol. The first-order valence-electron chi connectivity index (χ1n) is 19.8. The van der Waals surface area contributed by atoms with E-state index in [1.165, 1.54) is 52.0 Å². The SMILES string of the molecule is CC(=O)O[C@H]1C[C@]2(C(C)(C)OC(=O)NC(=O)C(Cl)(Cl)Cl)C(=C1C)[C@@H](OC(C)=O)[C@H](OC(C)=O)[C@]1(C)[C@@H](OC(C)=O)C[C@H]3OC[C@@]3(OC(=O)NC(=O)C(Cl)(Cl)Cl)[C@H]1[C@@H]2OC(=O)c1ccccc1. The largest absolute Gasteiger partial charge is 0.462 e. The maximum Gasteiger partial charge on any atom is 0.414 e. The summed E-state index contributed by atoms with van der Waals surface area (Å²) in [5, 5.41) is 3.67. The molecule has 66 heavy (non-hydrogen) atoms. The highest BCUT2D eigenvalue weighted by molar-refractivity contribution is 6.77. The highest BCUT2D eigenvalue weighted by atomic mass is 35.6. The molecule has 0 aromatic heterocycles. The molecule has 0 radical (unpaired) electrons. The molecule has 1 heterocycles. The molecule has 19 nitrogen and oxygen atoms in total. The summed E-state index contributed by atoms with van der Waals surface area (Å²) in [7, 11) is 0. The van der Waals surface area contributed by atoms with E-state index < -0.39 is 139 Å². The summed E-state index contributed by atoms with van der Waals surface area (Å²) in [6, 6.07) is 7.42. The minimum atomic E-state index is -2.70. The van der Waals surface area contributed by atoms with E-state index >= 15 is 0 Å². The first-order valence-corrected chi connectivity index (χ1v) is 22.1. The number of rotatable bonds is 9. The van der Waals surface area contributed by atoms with Crippen LogP contribution in [0.1, 0.15) is 78.6 Å². The average molecular weight is 1050 g/mol. The number of hydrogen-bond acceptors (Lipinski definition) is 17. The summed E-state index contributed by atoms with van der Waals surface area (Å²) >= 11 is 34.7. The van der Waals surface area contributed by atoms with E-state index in [9.17, 15) is 43.2 Å². The third-order valence-corrected chi connectivity index (χ3v) is 13.4. The smallest absolute Gasteiger partial charge is 0.414 e. The van der Waals surface area contributed by atoms with Gasteiger partial charge in [0.2, 0.25) is 0 Å². The lowest BCUT2D eigenvalue weighted by Gasteiger charge is -2.65. The van der Waals surface area contributed by atoms with Crippen molar-refractivity contribution >= 4 is 123 Å². The Bertz CT molecular complexity index is 2230. The molecule has 2 N–H and O–H groups in total. The second-order valence-electron chi connectivity index (χ2n) is 16.7. The van der Waals surface area contributed by atoms with E-state index in [0.29, 0.717) is 0 Å². The van der Waals surface area contributed by atoms with Crippen LogP contribution in [0.2, 0.25) is 0 Å². The average Bonchev–Trinajstić information content (AvgIpc) is 3.43. The van der Waals surface area contributed by atoms with Crippen LogP contribution < -0.4 is 10.6 Å². The van der Waals surface area contributed by atoms with Gasteiger partial charge in [-0.1, -0.05) is 94.7 Å². The van der Waals surface area contributed by atoms with E-state index in [-0.39, 0.29) is 23.1 Å². The third kappa shape index (κ3) is 10.0. The van der Waals surface area contributed by atoms with E-state index in [4.69, 9.17) is 108 Å². The predicted molar refractivity (Wildman–Crippen MR) is 230 cm³/mol. The number of carbonyl (C=O) groups excluding carboxylic acids is 9. The molecule has 10 atom stereocenters. The van der Waals surface area contributed by atoms with Gasteiger partial charge in [-0.15, -0.1) is 0 Å². The molecular formula is C41H44Cl6N2O17. The van der Waals surface area contributed by atoms with Gasteiger partial charge in [0.15, 0.2) is 17.8 Å². The molecule has 4 amide bonds. The summed E-state index contributed by atoms with van der Waals surface area (Å²) < 4.78 is 43.8. The maximum atomic E-state index is 14.8. The van der Waals surface area contributed by atoms with Crippen LogP contribution >= 0.6 is 69.6 Å². The van der Waals surface area contributed by atoms with Crippen LogP contribution in [0.25, 0.3) is 0 Å². The Morgan fingerprint density at radius 3 is 1.73 bits per heavy atom. The number of halogens is 6. The Labute approximate surface area is 407 Å². The van der Waals surface area contributed by atoms with Gasteiger partial charge in [-0.3, -0.25) is 39.4 Å². The summed E-state index contributed by atoms with van der Waals surface area (Å²) in [4.78, 5) is 121. The van der Waals surface area contributed by atoms with Gasteiger partial charge >= 0.3 is 42.0 Å². The maximum absolute atomic E-state index is 14.8. The Morgan fingerprint density at radius 2 is 1.24 bits per heavy atom. The molecule has 25 heteroatoms. The molecule has 3 fully saturated rings. The number of nitrogens with one attached hydrogen (secondary N) is 2. The number of carbonyl (C=O) groups is 9. The summed E-state index contributed by atoms with van der Waals surface area (Å²) in [5.74, 6) is -9.46. The zero-order valence-electron chi connectivity index (χ0n) is 36.3. The minimum absolute atomic E-state index is 0.0667. The first kappa shape index (κ1) is 52.9. The topological polar surface area (TPSA) is 252 Å². The lowest BCUT2D eigenvalue weighted by Crippen LogP contribution is -2.79. The van der Waals surface area contributed by atoms with Gasteiger partial charge in [-0.05, 0) is 44.1 Å². The van der Waals surface area contributed by atoms with Crippen molar-refractivity contribution in [3.63, 3.8) is 0 Å². The molecule has 1 aliphatic heterocycles. The standard InChI is InChI=1S/C41H44Cl6N2O17/c1-17-23(60-18(2)50)15-38(36(6,7)65-34(57)48-32(55)40(42,43)44)26(17)27(62-20(4)52)29(63-21(5)53)37(8)24(61-19(3)51)14-25-39(16-59-25,66-35(58)49-33(56)41(45,46)47)28(37)30(38)64-31(54)22-12-10-9-11-13-22/h9-13,23-25,27-30H,14-16H2,1-8H3,(H,48,55,57)(H,49,56,58)/t23-,24-,25+,27+,28-,29-,30-,37+,38-,39-/m0/s1. The fourth-order valence-electron chi connectivity index (χ4n) is 9.88. The summed E-state index contributed by atoms with van der Waals surface area (Å²) in [5.41, 5.74) is -8.85. The number of imide groups is 2. The lowest BCUT2D eigenvalue weighted by molar-refractivity contribution is -0.347. The molecule has 5 rings (SSSR count). The predicted octanol–water partition coefficient (Wildman–Crippen LogP) is 5.85. The highest BCUT2D eigenvalue weighted by Gasteiger charge is 2.81. The second-order valence-corrected chi connectivity index (χ2v) is 21.3. The van der Waals surface area contributed by atoms with Crippen LogP contribution in [0, 0.1) is 16.7 Å². The van der Waals surface area contributed by atoms with Crippen LogP contribution in [0.4, 0.5) is 9.59 Å². The summed E-state index contributed by atoms with van der Waals surface area (Å²) in [6.07, 6.45) is -13.8. The zero-order valence-corrected chi connectivity index (χ0v) is 40.8. The minimum Gasteiger partial charge on any atom is -0.462 e. The Morgan fingerprint density at radius 1 is 0.712 bits per heavy atom. The van der Waals surface area contributed by atoms with Crippen LogP contribution in [-0.4, -0.2) is 116 Å². The van der Waals surface area contributed by atoms with Gasteiger partial charge in [-0.2, -0.15) is 0 Å².